The van der Waals surface area contributed by atoms with Gasteiger partial charge in [-0.1, -0.05) is 27.7 Å². The van der Waals surface area contributed by atoms with Crippen LogP contribution in [-0.4, -0.2) is 18.6 Å². The quantitative estimate of drug-likeness (QED) is 0.617. The summed E-state index contributed by atoms with van der Waals surface area (Å²) in [5.74, 6) is 0.632. The molecule has 0 heterocycles. The first-order valence-electron chi connectivity index (χ1n) is 4.04. The first-order valence-corrected chi connectivity index (χ1v) is 4.04. The molecule has 0 aromatic carbocycles. The molecule has 0 aromatic heterocycles. The highest BCUT2D eigenvalue weighted by Crippen LogP contribution is 2.00. The van der Waals surface area contributed by atoms with Gasteiger partial charge in [0.05, 0.1) is 0 Å². The summed E-state index contributed by atoms with van der Waals surface area (Å²) in [5, 5.41) is 3.40. The number of nitrogens with two attached hydrogens (primary N) is 1. The monoisotopic (exact) mass is 144 g/mol. The van der Waals surface area contributed by atoms with Crippen molar-refractivity contribution in [3.8, 4) is 0 Å². The van der Waals surface area contributed by atoms with Gasteiger partial charge in [-0.25, -0.2) is 0 Å². The number of rotatable bonds is 4. The van der Waals surface area contributed by atoms with E-state index in [-0.39, 0.29) is 0 Å². The Morgan fingerprint density at radius 1 is 1.20 bits per heavy atom. The SMILES string of the molecule is CC(C)NC(CN)C(C)C. The van der Waals surface area contributed by atoms with E-state index in [1.807, 2.05) is 0 Å². The van der Waals surface area contributed by atoms with Crippen LogP contribution in [0.5, 0.6) is 0 Å². The zero-order chi connectivity index (χ0) is 8.15. The fourth-order valence-electron chi connectivity index (χ4n) is 0.961. The minimum absolute atomic E-state index is 0.472. The van der Waals surface area contributed by atoms with E-state index in [9.17, 15) is 0 Å². The van der Waals surface area contributed by atoms with Gasteiger partial charge < -0.3 is 11.1 Å². The Balaban J connectivity index is 3.60. The molecule has 0 saturated heterocycles. The number of hydrogen-bond acceptors (Lipinski definition) is 2. The third-order valence-corrected chi connectivity index (χ3v) is 1.61. The fourth-order valence-corrected chi connectivity index (χ4v) is 0.961. The highest BCUT2D eigenvalue weighted by molar-refractivity contribution is 4.72. The highest BCUT2D eigenvalue weighted by atomic mass is 15.0. The molecule has 0 rings (SSSR count). The van der Waals surface area contributed by atoms with Gasteiger partial charge in [0, 0.05) is 18.6 Å². The summed E-state index contributed by atoms with van der Waals surface area (Å²) in [5.41, 5.74) is 5.56. The van der Waals surface area contributed by atoms with Crippen LogP contribution in [0.2, 0.25) is 0 Å². The van der Waals surface area contributed by atoms with Gasteiger partial charge in [-0.15, -0.1) is 0 Å². The van der Waals surface area contributed by atoms with Crippen LogP contribution in [0.15, 0.2) is 0 Å². The van der Waals surface area contributed by atoms with Crippen molar-refractivity contribution in [2.24, 2.45) is 11.7 Å². The molecule has 0 saturated carbocycles. The van der Waals surface area contributed by atoms with Gasteiger partial charge in [-0.3, -0.25) is 0 Å². The predicted octanol–water partition coefficient (Wildman–Crippen LogP) is 0.968. The molecule has 1 unspecified atom stereocenters. The van der Waals surface area contributed by atoms with Crippen LogP contribution in [0, 0.1) is 5.92 Å². The maximum Gasteiger partial charge on any atom is 0.0215 e. The summed E-state index contributed by atoms with van der Waals surface area (Å²) in [6.45, 7) is 9.39. The molecule has 0 amide bonds. The number of hydrogen-bond donors (Lipinski definition) is 2. The van der Waals surface area contributed by atoms with E-state index in [2.05, 4.69) is 33.0 Å². The van der Waals surface area contributed by atoms with Crippen molar-refractivity contribution in [3.63, 3.8) is 0 Å². The molecule has 0 bridgehead atoms. The molecular formula is C8H20N2. The molecule has 1 atom stereocenters. The molecule has 0 aliphatic heterocycles. The van der Waals surface area contributed by atoms with Gasteiger partial charge in [0.1, 0.15) is 0 Å². The lowest BCUT2D eigenvalue weighted by Crippen LogP contribution is -2.43. The van der Waals surface area contributed by atoms with Crippen LogP contribution in [0.3, 0.4) is 0 Å². The summed E-state index contributed by atoms with van der Waals surface area (Å²) in [7, 11) is 0. The maximum atomic E-state index is 5.56. The van der Waals surface area contributed by atoms with E-state index in [0.29, 0.717) is 18.0 Å². The third kappa shape index (κ3) is 3.85. The van der Waals surface area contributed by atoms with Crippen molar-refractivity contribution in [1.29, 1.82) is 0 Å². The molecule has 0 aliphatic carbocycles. The highest BCUT2D eigenvalue weighted by Gasteiger charge is 2.10. The lowest BCUT2D eigenvalue weighted by atomic mass is 10.0. The van der Waals surface area contributed by atoms with Crippen LogP contribution in [0.25, 0.3) is 0 Å². The summed E-state index contributed by atoms with van der Waals surface area (Å²) in [4.78, 5) is 0. The van der Waals surface area contributed by atoms with Crippen molar-refractivity contribution in [1.82, 2.24) is 5.32 Å². The Kier molecular flexibility index (Phi) is 4.65. The Morgan fingerprint density at radius 2 is 1.70 bits per heavy atom. The lowest BCUT2D eigenvalue weighted by Gasteiger charge is -2.22. The van der Waals surface area contributed by atoms with Crippen molar-refractivity contribution in [3.05, 3.63) is 0 Å². The molecular weight excluding hydrogens is 124 g/mol. The standard InChI is InChI=1S/C8H20N2/c1-6(2)8(5-9)10-7(3)4/h6-8,10H,5,9H2,1-4H3. The first-order chi connectivity index (χ1) is 4.57. The number of nitrogens with one attached hydrogen (secondary N) is 1. The average Bonchev–Trinajstić information content (AvgIpc) is 1.81. The van der Waals surface area contributed by atoms with Gasteiger partial charge in [0.2, 0.25) is 0 Å². The van der Waals surface area contributed by atoms with E-state index in [4.69, 9.17) is 5.73 Å². The minimum atomic E-state index is 0.472. The topological polar surface area (TPSA) is 38.0 Å². The predicted molar refractivity (Wildman–Crippen MR) is 46.0 cm³/mol. The molecule has 2 nitrogen and oxygen atoms in total. The van der Waals surface area contributed by atoms with Crippen LogP contribution < -0.4 is 11.1 Å². The zero-order valence-corrected chi connectivity index (χ0v) is 7.52. The molecule has 10 heavy (non-hydrogen) atoms. The van der Waals surface area contributed by atoms with Crippen molar-refractivity contribution in [2.45, 2.75) is 39.8 Å². The van der Waals surface area contributed by atoms with E-state index >= 15 is 0 Å². The van der Waals surface area contributed by atoms with Gasteiger partial charge >= 0.3 is 0 Å². The van der Waals surface area contributed by atoms with Crippen LogP contribution in [0.4, 0.5) is 0 Å². The zero-order valence-electron chi connectivity index (χ0n) is 7.52. The van der Waals surface area contributed by atoms with Crippen molar-refractivity contribution in [2.75, 3.05) is 6.54 Å². The van der Waals surface area contributed by atoms with Crippen molar-refractivity contribution >= 4 is 0 Å². The lowest BCUT2D eigenvalue weighted by molar-refractivity contribution is 0.377. The Bertz CT molecular complexity index is 79.3. The van der Waals surface area contributed by atoms with Crippen LogP contribution in [-0.2, 0) is 0 Å². The molecule has 2 heteroatoms. The second-order valence-corrected chi connectivity index (χ2v) is 3.41. The van der Waals surface area contributed by atoms with Crippen LogP contribution in [0.1, 0.15) is 27.7 Å². The van der Waals surface area contributed by atoms with E-state index in [1.165, 1.54) is 0 Å². The normalized spacial score (nSPS) is 14.7. The van der Waals surface area contributed by atoms with E-state index < -0.39 is 0 Å². The van der Waals surface area contributed by atoms with Gasteiger partial charge in [0.25, 0.3) is 0 Å². The molecule has 62 valence electrons. The molecule has 3 N–H and O–H groups in total. The average molecular weight is 144 g/mol. The fraction of sp³-hybridized carbons (Fsp3) is 1.00. The molecule has 0 spiro atoms. The second kappa shape index (κ2) is 4.69. The van der Waals surface area contributed by atoms with E-state index in [1.54, 1.807) is 0 Å². The Morgan fingerprint density at radius 3 is 1.80 bits per heavy atom. The third-order valence-electron chi connectivity index (χ3n) is 1.61. The molecule has 0 fully saturated rings. The van der Waals surface area contributed by atoms with E-state index in [0.717, 1.165) is 6.54 Å². The smallest absolute Gasteiger partial charge is 0.0215 e. The van der Waals surface area contributed by atoms with Gasteiger partial charge in [-0.05, 0) is 5.92 Å². The van der Waals surface area contributed by atoms with Gasteiger partial charge in [-0.2, -0.15) is 0 Å². The summed E-state index contributed by atoms with van der Waals surface area (Å²) < 4.78 is 0. The Hall–Kier alpha value is -0.0800. The molecule has 0 radical (unpaired) electrons. The van der Waals surface area contributed by atoms with Gasteiger partial charge in [0.15, 0.2) is 0 Å². The largest absolute Gasteiger partial charge is 0.329 e. The summed E-state index contributed by atoms with van der Waals surface area (Å²) in [6, 6.07) is 1.01. The molecule has 0 aliphatic rings. The Labute approximate surface area is 64.2 Å². The van der Waals surface area contributed by atoms with Crippen molar-refractivity contribution < 1.29 is 0 Å². The maximum absolute atomic E-state index is 5.56. The molecule has 0 aromatic rings. The minimum Gasteiger partial charge on any atom is -0.329 e. The summed E-state index contributed by atoms with van der Waals surface area (Å²) >= 11 is 0. The summed E-state index contributed by atoms with van der Waals surface area (Å²) in [6.07, 6.45) is 0. The first kappa shape index (κ1) is 9.92. The van der Waals surface area contributed by atoms with Crippen LogP contribution >= 0.6 is 0 Å². The second-order valence-electron chi connectivity index (χ2n) is 3.41.